The van der Waals surface area contributed by atoms with Crippen LogP contribution in [0.1, 0.15) is 36.5 Å². The summed E-state index contributed by atoms with van der Waals surface area (Å²) >= 11 is 0. The molecule has 0 spiro atoms. The van der Waals surface area contributed by atoms with Crippen LogP contribution in [0.4, 0.5) is 0 Å². The van der Waals surface area contributed by atoms with Crippen molar-refractivity contribution in [3.63, 3.8) is 0 Å². The van der Waals surface area contributed by atoms with Gasteiger partial charge in [0.25, 0.3) is 0 Å². The third-order valence-corrected chi connectivity index (χ3v) is 4.66. The zero-order valence-corrected chi connectivity index (χ0v) is 17.0. The molecule has 146 valence electrons. The molecule has 3 aromatic rings. The van der Waals surface area contributed by atoms with Crippen LogP contribution in [0.2, 0.25) is 0 Å². The number of nitrogens with zero attached hydrogens (tertiary/aromatic N) is 3. The molecule has 0 radical (unpaired) electrons. The number of rotatable bonds is 9. The Hall–Kier alpha value is -2.85. The molecule has 0 bridgehead atoms. The molecule has 4 nitrogen and oxygen atoms in total. The Morgan fingerprint density at radius 1 is 0.929 bits per heavy atom. The van der Waals surface area contributed by atoms with E-state index in [1.807, 2.05) is 18.5 Å². The topological polar surface area (TPSA) is 30.3 Å². The van der Waals surface area contributed by atoms with E-state index in [0.29, 0.717) is 6.61 Å². The predicted molar refractivity (Wildman–Crippen MR) is 116 cm³/mol. The molecular formula is C24H29N3O. The highest BCUT2D eigenvalue weighted by Crippen LogP contribution is 2.33. The van der Waals surface area contributed by atoms with Crippen molar-refractivity contribution in [3.05, 3.63) is 89.7 Å². The van der Waals surface area contributed by atoms with Crippen LogP contribution >= 0.6 is 0 Å². The average molecular weight is 376 g/mol. The summed E-state index contributed by atoms with van der Waals surface area (Å²) in [6.45, 7) is 3.84. The van der Waals surface area contributed by atoms with E-state index in [0.717, 1.165) is 24.9 Å². The SMILES string of the molecule is CC/C(=C(\c1ccccc1)c1cnn(OCCCN(C)C)c1)c1ccccc1. The summed E-state index contributed by atoms with van der Waals surface area (Å²) in [6.07, 6.45) is 5.78. The van der Waals surface area contributed by atoms with E-state index >= 15 is 0 Å². The quantitative estimate of drug-likeness (QED) is 0.403. The second-order valence-electron chi connectivity index (χ2n) is 7.06. The van der Waals surface area contributed by atoms with Crippen molar-refractivity contribution in [2.24, 2.45) is 0 Å². The first-order chi connectivity index (χ1) is 13.7. The molecule has 0 saturated heterocycles. The minimum absolute atomic E-state index is 0.642. The van der Waals surface area contributed by atoms with Crippen LogP contribution in [0.25, 0.3) is 11.1 Å². The molecule has 0 unspecified atom stereocenters. The zero-order chi connectivity index (χ0) is 19.8. The van der Waals surface area contributed by atoms with E-state index < -0.39 is 0 Å². The lowest BCUT2D eigenvalue weighted by Crippen LogP contribution is -2.19. The van der Waals surface area contributed by atoms with Crippen LogP contribution in [0.5, 0.6) is 0 Å². The van der Waals surface area contributed by atoms with E-state index in [9.17, 15) is 0 Å². The maximum Gasteiger partial charge on any atom is 0.118 e. The lowest BCUT2D eigenvalue weighted by molar-refractivity contribution is 0.0770. The van der Waals surface area contributed by atoms with Gasteiger partial charge in [-0.3, -0.25) is 0 Å². The first kappa shape index (κ1) is 19.9. The van der Waals surface area contributed by atoms with Crippen LogP contribution in [0.15, 0.2) is 73.1 Å². The first-order valence-corrected chi connectivity index (χ1v) is 9.86. The summed E-state index contributed by atoms with van der Waals surface area (Å²) in [5.41, 5.74) is 6.01. The van der Waals surface area contributed by atoms with Gasteiger partial charge in [0.2, 0.25) is 0 Å². The molecule has 1 heterocycles. The smallest absolute Gasteiger partial charge is 0.118 e. The van der Waals surface area contributed by atoms with Gasteiger partial charge in [0.1, 0.15) is 6.61 Å². The Morgan fingerprint density at radius 3 is 2.18 bits per heavy atom. The standard InChI is InChI=1S/C24H29N3O/c1-4-23(20-12-7-5-8-13-20)24(21-14-9-6-10-15-21)22-18-25-27(19-22)28-17-11-16-26(2)3/h5-10,12-15,18-19H,4,11,16-17H2,1-3H3/b24-23-. The fourth-order valence-corrected chi connectivity index (χ4v) is 3.33. The number of hydrogen-bond acceptors (Lipinski definition) is 3. The van der Waals surface area contributed by atoms with E-state index in [1.165, 1.54) is 22.3 Å². The van der Waals surface area contributed by atoms with Gasteiger partial charge in [0, 0.05) is 12.1 Å². The summed E-state index contributed by atoms with van der Waals surface area (Å²) in [6, 6.07) is 21.1. The van der Waals surface area contributed by atoms with Crippen molar-refractivity contribution in [2.45, 2.75) is 19.8 Å². The number of benzene rings is 2. The van der Waals surface area contributed by atoms with Gasteiger partial charge in [-0.1, -0.05) is 67.6 Å². The maximum absolute atomic E-state index is 5.80. The largest absolute Gasteiger partial charge is 0.397 e. The summed E-state index contributed by atoms with van der Waals surface area (Å²) in [5, 5.41) is 4.44. The molecule has 4 heteroatoms. The number of hydrogen-bond donors (Lipinski definition) is 0. The normalized spacial score (nSPS) is 12.1. The van der Waals surface area contributed by atoms with Crippen LogP contribution in [0.3, 0.4) is 0 Å². The molecule has 0 aliphatic rings. The monoisotopic (exact) mass is 375 g/mol. The molecule has 0 aliphatic carbocycles. The Kier molecular flexibility index (Phi) is 7.04. The highest BCUT2D eigenvalue weighted by Gasteiger charge is 2.14. The van der Waals surface area contributed by atoms with Gasteiger partial charge < -0.3 is 9.74 Å². The lowest BCUT2D eigenvalue weighted by atomic mass is 9.90. The summed E-state index contributed by atoms with van der Waals surface area (Å²) < 4.78 is 0. The maximum atomic E-state index is 5.80. The molecule has 0 atom stereocenters. The highest BCUT2D eigenvalue weighted by molar-refractivity contribution is 5.98. The average Bonchev–Trinajstić information content (AvgIpc) is 3.19. The molecular weight excluding hydrogens is 346 g/mol. The fourth-order valence-electron chi connectivity index (χ4n) is 3.33. The van der Waals surface area contributed by atoms with Crippen molar-refractivity contribution in [3.8, 4) is 0 Å². The Bertz CT molecular complexity index is 882. The fraction of sp³-hybridized carbons (Fsp3) is 0.292. The molecule has 28 heavy (non-hydrogen) atoms. The molecule has 0 fully saturated rings. The molecule has 3 rings (SSSR count). The minimum Gasteiger partial charge on any atom is -0.397 e. The summed E-state index contributed by atoms with van der Waals surface area (Å²) in [7, 11) is 4.14. The number of aromatic nitrogens is 2. The summed E-state index contributed by atoms with van der Waals surface area (Å²) in [4.78, 5) is 9.54. The van der Waals surface area contributed by atoms with Crippen LogP contribution in [-0.4, -0.2) is 42.1 Å². The molecule has 0 N–H and O–H groups in total. The molecule has 0 saturated carbocycles. The van der Waals surface area contributed by atoms with E-state index in [4.69, 9.17) is 4.84 Å². The van der Waals surface area contributed by atoms with Crippen LogP contribution in [-0.2, 0) is 0 Å². The van der Waals surface area contributed by atoms with Gasteiger partial charge >= 0.3 is 0 Å². The Balaban J connectivity index is 1.94. The summed E-state index contributed by atoms with van der Waals surface area (Å²) in [5.74, 6) is 0. The zero-order valence-electron chi connectivity index (χ0n) is 17.0. The highest BCUT2D eigenvalue weighted by atomic mass is 16.7. The van der Waals surface area contributed by atoms with E-state index in [-0.39, 0.29) is 0 Å². The minimum atomic E-state index is 0.642. The van der Waals surface area contributed by atoms with Crippen LogP contribution < -0.4 is 4.84 Å². The van der Waals surface area contributed by atoms with Crippen molar-refractivity contribution in [2.75, 3.05) is 27.2 Å². The van der Waals surface area contributed by atoms with E-state index in [1.54, 1.807) is 4.85 Å². The van der Waals surface area contributed by atoms with Gasteiger partial charge in [-0.25, -0.2) is 0 Å². The third kappa shape index (κ3) is 5.11. The van der Waals surface area contributed by atoms with Gasteiger partial charge in [-0.05, 0) is 49.2 Å². The predicted octanol–water partition coefficient (Wildman–Crippen LogP) is 4.63. The van der Waals surface area contributed by atoms with Crippen LogP contribution in [0, 0.1) is 0 Å². The van der Waals surface area contributed by atoms with Crippen molar-refractivity contribution in [1.29, 1.82) is 0 Å². The van der Waals surface area contributed by atoms with Gasteiger partial charge in [-0.2, -0.15) is 0 Å². The van der Waals surface area contributed by atoms with Gasteiger partial charge in [0.05, 0.1) is 12.4 Å². The molecule has 2 aromatic carbocycles. The number of allylic oxidation sites excluding steroid dienone is 1. The van der Waals surface area contributed by atoms with E-state index in [2.05, 4.69) is 85.6 Å². The Labute approximate surface area is 168 Å². The van der Waals surface area contributed by atoms with Crippen molar-refractivity contribution in [1.82, 2.24) is 14.8 Å². The first-order valence-electron chi connectivity index (χ1n) is 9.86. The molecule has 0 aliphatic heterocycles. The van der Waals surface area contributed by atoms with Gasteiger partial charge in [-0.15, -0.1) is 9.94 Å². The van der Waals surface area contributed by atoms with Crippen molar-refractivity contribution >= 4 is 11.1 Å². The lowest BCUT2D eigenvalue weighted by Gasteiger charge is -2.14. The second-order valence-corrected chi connectivity index (χ2v) is 7.06. The molecule has 1 aromatic heterocycles. The second kappa shape index (κ2) is 9.90. The Morgan fingerprint density at radius 2 is 1.57 bits per heavy atom. The van der Waals surface area contributed by atoms with Gasteiger partial charge in [0.15, 0.2) is 0 Å². The molecule has 0 amide bonds. The third-order valence-electron chi connectivity index (χ3n) is 4.66. The van der Waals surface area contributed by atoms with Crippen molar-refractivity contribution < 1.29 is 4.84 Å².